The predicted molar refractivity (Wildman–Crippen MR) is 88.2 cm³/mol. The van der Waals surface area contributed by atoms with Crippen LogP contribution in [0.3, 0.4) is 0 Å². The molecule has 120 valence electrons. The van der Waals surface area contributed by atoms with E-state index >= 15 is 0 Å². The van der Waals surface area contributed by atoms with Crippen molar-refractivity contribution in [3.05, 3.63) is 29.5 Å². The molecule has 23 heavy (non-hydrogen) atoms. The average molecular weight is 331 g/mol. The highest BCUT2D eigenvalue weighted by Crippen LogP contribution is 2.22. The molecule has 3 aromatic heterocycles. The molecular formula is C15H17N5O2S. The molecule has 0 unspecified atom stereocenters. The van der Waals surface area contributed by atoms with Crippen molar-refractivity contribution in [3.8, 4) is 10.7 Å². The second-order valence-corrected chi connectivity index (χ2v) is 6.74. The molecule has 0 aliphatic carbocycles. The van der Waals surface area contributed by atoms with Crippen LogP contribution in [-0.4, -0.2) is 42.6 Å². The first kappa shape index (κ1) is 15.6. The van der Waals surface area contributed by atoms with Crippen LogP contribution in [0.1, 0.15) is 31.1 Å². The predicted octanol–water partition coefficient (Wildman–Crippen LogP) is 1.97. The van der Waals surface area contributed by atoms with Crippen molar-refractivity contribution in [2.75, 3.05) is 0 Å². The topological polar surface area (TPSA) is 104 Å². The molecule has 0 spiro atoms. The lowest BCUT2D eigenvalue weighted by Crippen LogP contribution is -2.47. The van der Waals surface area contributed by atoms with E-state index in [2.05, 4.69) is 25.3 Å². The van der Waals surface area contributed by atoms with Gasteiger partial charge in [-0.3, -0.25) is 4.79 Å². The van der Waals surface area contributed by atoms with E-state index in [-0.39, 0.29) is 5.91 Å². The summed E-state index contributed by atoms with van der Waals surface area (Å²) < 4.78 is 0. The van der Waals surface area contributed by atoms with E-state index in [1.54, 1.807) is 39.4 Å². The Labute approximate surface area is 136 Å². The van der Waals surface area contributed by atoms with Crippen molar-refractivity contribution in [2.45, 2.75) is 32.4 Å². The summed E-state index contributed by atoms with van der Waals surface area (Å²) in [7, 11) is 0. The van der Waals surface area contributed by atoms with Crippen LogP contribution in [0.4, 0.5) is 0 Å². The Morgan fingerprint density at radius 3 is 2.87 bits per heavy atom. The highest BCUT2D eigenvalue weighted by atomic mass is 32.1. The molecule has 8 heteroatoms. The minimum absolute atomic E-state index is 0.309. The number of aromatic amines is 1. The van der Waals surface area contributed by atoms with E-state index in [1.807, 2.05) is 5.38 Å². The number of nitrogens with one attached hydrogen (secondary N) is 2. The minimum atomic E-state index is -1.01. The first-order valence-corrected chi connectivity index (χ1v) is 8.01. The van der Waals surface area contributed by atoms with Gasteiger partial charge < -0.3 is 15.4 Å². The lowest BCUT2D eigenvalue weighted by Gasteiger charge is -2.26. The van der Waals surface area contributed by atoms with Crippen LogP contribution < -0.4 is 5.32 Å². The van der Waals surface area contributed by atoms with Gasteiger partial charge in [0, 0.05) is 17.8 Å². The van der Waals surface area contributed by atoms with Gasteiger partial charge in [0.25, 0.3) is 5.91 Å². The van der Waals surface area contributed by atoms with Crippen molar-refractivity contribution in [3.63, 3.8) is 0 Å². The third-order valence-corrected chi connectivity index (χ3v) is 4.48. The summed E-state index contributed by atoms with van der Waals surface area (Å²) in [6.07, 6.45) is 4.89. The van der Waals surface area contributed by atoms with Crippen LogP contribution in [0.2, 0.25) is 0 Å². The highest BCUT2D eigenvalue weighted by Gasteiger charge is 2.25. The van der Waals surface area contributed by atoms with Gasteiger partial charge in [0.15, 0.2) is 5.65 Å². The van der Waals surface area contributed by atoms with Gasteiger partial charge >= 0.3 is 0 Å². The molecule has 0 radical (unpaired) electrons. The fourth-order valence-corrected chi connectivity index (χ4v) is 2.56. The summed E-state index contributed by atoms with van der Waals surface area (Å²) in [6, 6.07) is -0.407. The van der Waals surface area contributed by atoms with Gasteiger partial charge in [-0.2, -0.15) is 0 Å². The number of hydrogen-bond donors (Lipinski definition) is 3. The summed E-state index contributed by atoms with van der Waals surface area (Å²) in [5.74, 6) is -0.309. The molecule has 1 atom stereocenters. The number of amides is 1. The van der Waals surface area contributed by atoms with Gasteiger partial charge in [-0.05, 0) is 20.8 Å². The second kappa shape index (κ2) is 5.71. The standard InChI is InChI=1S/C15H17N5O2S/c1-8(15(2,3)22)19-13(21)9-6-17-12-11(9)20-10(7-18-12)14-16-4-5-23-14/h4-8,22H,1-3H3,(H,17,18)(H,19,21)/t8-/m1/s1. The van der Waals surface area contributed by atoms with Crippen molar-refractivity contribution in [1.29, 1.82) is 0 Å². The Balaban J connectivity index is 1.95. The highest BCUT2D eigenvalue weighted by molar-refractivity contribution is 7.13. The number of thiazole rings is 1. The molecular weight excluding hydrogens is 314 g/mol. The molecule has 0 aliphatic rings. The Morgan fingerprint density at radius 2 is 2.22 bits per heavy atom. The number of aliphatic hydroxyl groups is 1. The summed E-state index contributed by atoms with van der Waals surface area (Å²) in [5.41, 5.74) is 1.02. The Morgan fingerprint density at radius 1 is 1.43 bits per heavy atom. The zero-order valence-electron chi connectivity index (χ0n) is 13.0. The smallest absolute Gasteiger partial charge is 0.255 e. The maximum absolute atomic E-state index is 12.5. The molecule has 3 N–H and O–H groups in total. The lowest BCUT2D eigenvalue weighted by atomic mass is 10.0. The number of nitrogens with zero attached hydrogens (tertiary/aromatic N) is 3. The number of carbonyl (C=O) groups is 1. The molecule has 1 amide bonds. The van der Waals surface area contributed by atoms with Gasteiger partial charge in [-0.25, -0.2) is 15.0 Å². The van der Waals surface area contributed by atoms with Gasteiger partial charge in [0.2, 0.25) is 0 Å². The zero-order chi connectivity index (χ0) is 16.6. The van der Waals surface area contributed by atoms with E-state index in [4.69, 9.17) is 0 Å². The largest absolute Gasteiger partial charge is 0.388 e. The normalized spacial score (nSPS) is 13.2. The van der Waals surface area contributed by atoms with E-state index in [9.17, 15) is 9.90 Å². The van der Waals surface area contributed by atoms with E-state index in [1.165, 1.54) is 11.3 Å². The van der Waals surface area contributed by atoms with Crippen molar-refractivity contribution < 1.29 is 9.90 Å². The lowest BCUT2D eigenvalue weighted by molar-refractivity contribution is 0.0409. The van der Waals surface area contributed by atoms with Gasteiger partial charge in [0.05, 0.1) is 23.4 Å². The fraction of sp³-hybridized carbons (Fsp3) is 0.333. The van der Waals surface area contributed by atoms with Crippen LogP contribution in [0, 0.1) is 0 Å². The number of hydrogen-bond acceptors (Lipinski definition) is 6. The number of carbonyl (C=O) groups excluding carboxylic acids is 1. The first-order chi connectivity index (χ1) is 10.9. The van der Waals surface area contributed by atoms with Crippen LogP contribution in [0.5, 0.6) is 0 Å². The van der Waals surface area contributed by atoms with E-state index < -0.39 is 11.6 Å². The SMILES string of the molecule is C[C@@H](NC(=O)c1c[nH]c2ncc(-c3nccs3)nc12)C(C)(C)O. The molecule has 7 nitrogen and oxygen atoms in total. The van der Waals surface area contributed by atoms with Crippen LogP contribution in [-0.2, 0) is 0 Å². The van der Waals surface area contributed by atoms with Crippen molar-refractivity contribution in [2.24, 2.45) is 0 Å². The summed E-state index contributed by atoms with van der Waals surface area (Å²) in [4.78, 5) is 28.4. The molecule has 0 aromatic carbocycles. The molecule has 0 aliphatic heterocycles. The molecule has 3 aromatic rings. The zero-order valence-corrected chi connectivity index (χ0v) is 13.8. The van der Waals surface area contributed by atoms with Crippen molar-refractivity contribution in [1.82, 2.24) is 25.3 Å². The number of rotatable bonds is 4. The number of aromatic nitrogens is 4. The monoisotopic (exact) mass is 331 g/mol. The fourth-order valence-electron chi connectivity index (χ4n) is 1.97. The third kappa shape index (κ3) is 3.08. The molecule has 0 bridgehead atoms. The molecule has 3 rings (SSSR count). The molecule has 3 heterocycles. The minimum Gasteiger partial charge on any atom is -0.388 e. The van der Waals surface area contributed by atoms with Crippen LogP contribution in [0.25, 0.3) is 21.9 Å². The maximum Gasteiger partial charge on any atom is 0.255 e. The Kier molecular flexibility index (Phi) is 3.87. The number of fused-ring (bicyclic) bond motifs is 1. The first-order valence-electron chi connectivity index (χ1n) is 7.13. The van der Waals surface area contributed by atoms with Crippen molar-refractivity contribution >= 4 is 28.4 Å². The summed E-state index contributed by atoms with van der Waals surface area (Å²) in [6.45, 7) is 5.04. The summed E-state index contributed by atoms with van der Waals surface area (Å²) >= 11 is 1.46. The summed E-state index contributed by atoms with van der Waals surface area (Å²) in [5, 5.41) is 15.3. The van der Waals surface area contributed by atoms with Gasteiger partial charge in [-0.1, -0.05) is 0 Å². The van der Waals surface area contributed by atoms with E-state index in [0.717, 1.165) is 5.01 Å². The van der Waals surface area contributed by atoms with Crippen LogP contribution in [0.15, 0.2) is 24.0 Å². The third-order valence-electron chi connectivity index (χ3n) is 3.68. The maximum atomic E-state index is 12.5. The molecule has 0 fully saturated rings. The average Bonchev–Trinajstić information content (AvgIpc) is 3.15. The van der Waals surface area contributed by atoms with Crippen LogP contribution >= 0.6 is 11.3 Å². The quantitative estimate of drug-likeness (QED) is 0.678. The van der Waals surface area contributed by atoms with Gasteiger partial charge in [0.1, 0.15) is 16.2 Å². The Hall–Kier alpha value is -2.32. The number of H-pyrrole nitrogens is 1. The Bertz CT molecular complexity index is 835. The molecule has 0 saturated heterocycles. The van der Waals surface area contributed by atoms with E-state index in [0.29, 0.717) is 22.4 Å². The second-order valence-electron chi connectivity index (χ2n) is 5.84. The molecule has 0 saturated carbocycles. The van der Waals surface area contributed by atoms with Gasteiger partial charge in [-0.15, -0.1) is 11.3 Å².